The summed E-state index contributed by atoms with van der Waals surface area (Å²) in [6, 6.07) is 14.4. The van der Waals surface area contributed by atoms with Crippen molar-refractivity contribution < 1.29 is 0 Å². The molecule has 28 heavy (non-hydrogen) atoms. The Labute approximate surface area is 171 Å². The Balaban J connectivity index is 1.80. The zero-order valence-electron chi connectivity index (χ0n) is 16.5. The molecule has 3 aromatic rings. The van der Waals surface area contributed by atoms with Gasteiger partial charge in [0.15, 0.2) is 5.11 Å². The van der Waals surface area contributed by atoms with Crippen molar-refractivity contribution >= 4 is 17.3 Å². The van der Waals surface area contributed by atoms with Crippen LogP contribution in [0.1, 0.15) is 47.3 Å². The molecule has 0 radical (unpaired) electrons. The molecule has 4 rings (SSSR count). The molecule has 1 aliphatic heterocycles. The number of pyridine rings is 2. The summed E-state index contributed by atoms with van der Waals surface area (Å²) >= 11 is 5.76. The van der Waals surface area contributed by atoms with Crippen LogP contribution in [-0.4, -0.2) is 24.5 Å². The molecule has 2 atom stereocenters. The number of aryl methyl sites for hydroxylation is 1. The number of nitrogens with one attached hydrogen (secondary N) is 1. The molecular formula is C22H25N5S. The third kappa shape index (κ3) is 3.29. The highest BCUT2D eigenvalue weighted by atomic mass is 32.1. The molecule has 1 aliphatic rings. The minimum atomic E-state index is 0.00298. The highest BCUT2D eigenvalue weighted by molar-refractivity contribution is 7.80. The lowest BCUT2D eigenvalue weighted by Gasteiger charge is -2.28. The average Bonchev–Trinajstić information content (AvgIpc) is 3.19. The van der Waals surface area contributed by atoms with Gasteiger partial charge in [-0.25, -0.2) is 0 Å². The van der Waals surface area contributed by atoms with E-state index >= 15 is 0 Å². The second-order valence-electron chi connectivity index (χ2n) is 7.15. The van der Waals surface area contributed by atoms with Gasteiger partial charge < -0.3 is 14.8 Å². The molecule has 1 saturated heterocycles. The van der Waals surface area contributed by atoms with Gasteiger partial charge in [-0.2, -0.15) is 0 Å². The highest BCUT2D eigenvalue weighted by Gasteiger charge is 2.41. The third-order valence-corrected chi connectivity index (χ3v) is 5.86. The topological polar surface area (TPSA) is 46.0 Å². The molecule has 0 spiro atoms. The van der Waals surface area contributed by atoms with Crippen molar-refractivity contribution in [3.8, 4) is 0 Å². The molecular weight excluding hydrogens is 366 g/mol. The largest absolute Gasteiger partial charge is 0.352 e. The molecule has 4 heterocycles. The molecule has 1 N–H and O–H groups in total. The lowest BCUT2D eigenvalue weighted by Crippen LogP contribution is -2.29. The van der Waals surface area contributed by atoms with Crippen molar-refractivity contribution in [2.75, 3.05) is 0 Å². The van der Waals surface area contributed by atoms with Crippen LogP contribution in [-0.2, 0) is 13.1 Å². The average molecular weight is 392 g/mol. The second kappa shape index (κ2) is 7.72. The fourth-order valence-electron chi connectivity index (χ4n) is 4.19. The van der Waals surface area contributed by atoms with Crippen LogP contribution in [0, 0.1) is 13.8 Å². The summed E-state index contributed by atoms with van der Waals surface area (Å²) in [7, 11) is 0. The number of hydrogen-bond donors (Lipinski definition) is 1. The molecule has 0 unspecified atom stereocenters. The van der Waals surface area contributed by atoms with Crippen LogP contribution in [0.4, 0.5) is 0 Å². The number of thiocarbonyl (C=S) groups is 1. The molecule has 5 nitrogen and oxygen atoms in total. The van der Waals surface area contributed by atoms with Gasteiger partial charge in [0.25, 0.3) is 0 Å². The maximum atomic E-state index is 5.76. The van der Waals surface area contributed by atoms with Gasteiger partial charge in [-0.3, -0.25) is 9.97 Å². The Morgan fingerprint density at radius 1 is 1.07 bits per heavy atom. The Morgan fingerprint density at radius 3 is 2.43 bits per heavy atom. The minimum absolute atomic E-state index is 0.00298. The Bertz CT molecular complexity index is 967. The van der Waals surface area contributed by atoms with E-state index in [1.165, 1.54) is 17.0 Å². The zero-order valence-corrected chi connectivity index (χ0v) is 17.3. The Hall–Kier alpha value is -2.73. The molecule has 0 amide bonds. The summed E-state index contributed by atoms with van der Waals surface area (Å²) in [6.07, 6.45) is 3.67. The number of nitrogens with zero attached hydrogens (tertiary/aromatic N) is 4. The van der Waals surface area contributed by atoms with Crippen LogP contribution in [0.3, 0.4) is 0 Å². The van der Waals surface area contributed by atoms with Crippen molar-refractivity contribution in [3.05, 3.63) is 83.2 Å². The van der Waals surface area contributed by atoms with Crippen molar-refractivity contribution in [1.82, 2.24) is 24.8 Å². The molecule has 0 saturated carbocycles. The second-order valence-corrected chi connectivity index (χ2v) is 7.53. The van der Waals surface area contributed by atoms with E-state index < -0.39 is 0 Å². The highest BCUT2D eigenvalue weighted by Crippen LogP contribution is 2.41. The van der Waals surface area contributed by atoms with Gasteiger partial charge in [0.05, 0.1) is 30.0 Å². The van der Waals surface area contributed by atoms with E-state index in [0.29, 0.717) is 6.54 Å². The van der Waals surface area contributed by atoms with Gasteiger partial charge in [0.2, 0.25) is 0 Å². The number of aromatic nitrogens is 3. The molecule has 0 aliphatic carbocycles. The maximum Gasteiger partial charge on any atom is 0.170 e. The quantitative estimate of drug-likeness (QED) is 0.664. The van der Waals surface area contributed by atoms with Crippen molar-refractivity contribution in [1.29, 1.82) is 0 Å². The number of rotatable bonds is 5. The third-order valence-electron chi connectivity index (χ3n) is 5.50. The molecule has 0 aromatic carbocycles. The van der Waals surface area contributed by atoms with Gasteiger partial charge in [-0.05, 0) is 68.9 Å². The Kier molecular flexibility index (Phi) is 5.13. The van der Waals surface area contributed by atoms with Gasteiger partial charge in [0.1, 0.15) is 0 Å². The van der Waals surface area contributed by atoms with E-state index in [0.717, 1.165) is 23.0 Å². The first-order valence-electron chi connectivity index (χ1n) is 9.64. The standard InChI is InChI=1S/C22H25N5S/c1-4-26-15(2)13-18(16(26)3)21-20(19-10-6-8-12-24-19)25-22(28)27(21)14-17-9-5-7-11-23-17/h5-13,20-21H,4,14H2,1-3H3,(H,25,28)/t20-,21-/m0/s1. The molecule has 0 bridgehead atoms. The van der Waals surface area contributed by atoms with E-state index in [1.807, 2.05) is 42.7 Å². The lowest BCUT2D eigenvalue weighted by atomic mass is 9.96. The van der Waals surface area contributed by atoms with Crippen LogP contribution in [0.5, 0.6) is 0 Å². The van der Waals surface area contributed by atoms with E-state index in [-0.39, 0.29) is 12.1 Å². The first-order valence-corrected chi connectivity index (χ1v) is 10.1. The lowest BCUT2D eigenvalue weighted by molar-refractivity contribution is 0.307. The van der Waals surface area contributed by atoms with E-state index in [2.05, 4.69) is 57.7 Å². The van der Waals surface area contributed by atoms with Crippen molar-refractivity contribution in [2.24, 2.45) is 0 Å². The summed E-state index contributed by atoms with van der Waals surface area (Å²) in [4.78, 5) is 11.4. The maximum absolute atomic E-state index is 5.76. The summed E-state index contributed by atoms with van der Waals surface area (Å²) < 4.78 is 2.35. The molecule has 6 heteroatoms. The summed E-state index contributed by atoms with van der Waals surface area (Å²) in [6.45, 7) is 8.16. The first-order chi connectivity index (χ1) is 13.6. The zero-order chi connectivity index (χ0) is 19.7. The van der Waals surface area contributed by atoms with E-state index in [1.54, 1.807) is 0 Å². The van der Waals surface area contributed by atoms with Gasteiger partial charge in [-0.1, -0.05) is 12.1 Å². The summed E-state index contributed by atoms with van der Waals surface area (Å²) in [5, 5.41) is 4.26. The van der Waals surface area contributed by atoms with E-state index in [9.17, 15) is 0 Å². The van der Waals surface area contributed by atoms with Crippen molar-refractivity contribution in [2.45, 2.75) is 45.9 Å². The molecule has 1 fully saturated rings. The van der Waals surface area contributed by atoms with E-state index in [4.69, 9.17) is 12.2 Å². The Morgan fingerprint density at radius 2 is 1.82 bits per heavy atom. The smallest absolute Gasteiger partial charge is 0.170 e. The van der Waals surface area contributed by atoms with Crippen LogP contribution in [0.15, 0.2) is 54.9 Å². The number of hydrogen-bond acceptors (Lipinski definition) is 3. The predicted molar refractivity (Wildman–Crippen MR) is 115 cm³/mol. The van der Waals surface area contributed by atoms with Crippen molar-refractivity contribution in [3.63, 3.8) is 0 Å². The van der Waals surface area contributed by atoms with Crippen LogP contribution < -0.4 is 5.32 Å². The first kappa shape index (κ1) is 18.6. The fraction of sp³-hybridized carbons (Fsp3) is 0.318. The van der Waals surface area contributed by atoms with Gasteiger partial charge >= 0.3 is 0 Å². The fourth-order valence-corrected chi connectivity index (χ4v) is 4.50. The van der Waals surface area contributed by atoms with Crippen LogP contribution >= 0.6 is 12.2 Å². The molecule has 3 aromatic heterocycles. The van der Waals surface area contributed by atoms with Crippen LogP contribution in [0.2, 0.25) is 0 Å². The minimum Gasteiger partial charge on any atom is -0.352 e. The summed E-state index contributed by atoms with van der Waals surface area (Å²) in [5.41, 5.74) is 5.84. The predicted octanol–water partition coefficient (Wildman–Crippen LogP) is 4.09. The van der Waals surface area contributed by atoms with Crippen LogP contribution in [0.25, 0.3) is 0 Å². The molecule has 144 valence electrons. The monoisotopic (exact) mass is 391 g/mol. The van der Waals surface area contributed by atoms with Gasteiger partial charge in [-0.15, -0.1) is 0 Å². The van der Waals surface area contributed by atoms with Gasteiger partial charge in [0, 0.05) is 30.3 Å². The SMILES string of the molecule is CCn1c(C)cc([C@H]2[C@H](c3ccccn3)NC(=S)N2Cc2ccccn2)c1C. The normalized spacial score (nSPS) is 19.1. The summed E-state index contributed by atoms with van der Waals surface area (Å²) in [5.74, 6) is 0.